The van der Waals surface area contributed by atoms with Gasteiger partial charge in [0, 0.05) is 6.54 Å². The second-order valence-electron chi connectivity index (χ2n) is 3.98. The van der Waals surface area contributed by atoms with E-state index in [2.05, 4.69) is 11.0 Å². The second-order valence-corrected chi connectivity index (χ2v) is 3.98. The van der Waals surface area contributed by atoms with Crippen LogP contribution in [0.5, 0.6) is 5.75 Å². The Morgan fingerprint density at radius 1 is 1.38 bits per heavy atom. The van der Waals surface area contributed by atoms with Crippen LogP contribution in [0.25, 0.3) is 0 Å². The first-order valence-corrected chi connectivity index (χ1v) is 5.71. The number of ether oxygens (including phenoxy) is 1. The topological polar surface area (TPSA) is 36.3 Å². The molecule has 1 aromatic carbocycles. The molecule has 1 fully saturated rings. The average molecular weight is 216 g/mol. The van der Waals surface area contributed by atoms with Gasteiger partial charge in [-0.1, -0.05) is 18.2 Å². The monoisotopic (exact) mass is 216 g/mol. The molecule has 16 heavy (non-hydrogen) atoms. The van der Waals surface area contributed by atoms with Crippen LogP contribution in [0, 0.1) is 11.3 Å². The van der Waals surface area contributed by atoms with E-state index in [4.69, 9.17) is 10.00 Å². The van der Waals surface area contributed by atoms with Crippen LogP contribution in [0.15, 0.2) is 30.3 Å². The van der Waals surface area contributed by atoms with Gasteiger partial charge in [-0.25, -0.2) is 0 Å². The standard InChI is InChI=1S/C13H16N2O/c14-11-12-5-4-8-15(12)9-10-16-13-6-2-1-3-7-13/h1-3,6-7,12H,4-5,8-10H2. The van der Waals surface area contributed by atoms with E-state index >= 15 is 0 Å². The lowest BCUT2D eigenvalue weighted by atomic mass is 10.2. The molecule has 1 heterocycles. The van der Waals surface area contributed by atoms with Crippen molar-refractivity contribution in [2.45, 2.75) is 18.9 Å². The fourth-order valence-corrected chi connectivity index (χ4v) is 2.04. The van der Waals surface area contributed by atoms with E-state index in [0.29, 0.717) is 6.61 Å². The van der Waals surface area contributed by atoms with Crippen LogP contribution in [0.1, 0.15) is 12.8 Å². The summed E-state index contributed by atoms with van der Waals surface area (Å²) in [6.45, 7) is 2.52. The van der Waals surface area contributed by atoms with Crippen LogP contribution in [0.2, 0.25) is 0 Å². The molecule has 0 bridgehead atoms. The van der Waals surface area contributed by atoms with Crippen LogP contribution in [0.3, 0.4) is 0 Å². The predicted molar refractivity (Wildman–Crippen MR) is 62.1 cm³/mol. The number of nitrogens with zero attached hydrogens (tertiary/aromatic N) is 2. The highest BCUT2D eigenvalue weighted by molar-refractivity contribution is 5.20. The highest BCUT2D eigenvalue weighted by Crippen LogP contribution is 2.16. The molecule has 0 N–H and O–H groups in total. The Hall–Kier alpha value is -1.53. The van der Waals surface area contributed by atoms with Crippen LogP contribution in [0.4, 0.5) is 0 Å². The summed E-state index contributed by atoms with van der Waals surface area (Å²) in [5.74, 6) is 0.898. The molecule has 0 aromatic heterocycles. The molecule has 1 aromatic rings. The zero-order chi connectivity index (χ0) is 11.2. The Labute approximate surface area is 96.2 Å². The molecule has 0 saturated carbocycles. The SMILES string of the molecule is N#CC1CCCN1CCOc1ccccc1. The first-order chi connectivity index (χ1) is 7.90. The van der Waals surface area contributed by atoms with Gasteiger partial charge in [0.25, 0.3) is 0 Å². The van der Waals surface area contributed by atoms with Crippen molar-refractivity contribution in [3.05, 3.63) is 30.3 Å². The Morgan fingerprint density at radius 3 is 2.94 bits per heavy atom. The van der Waals surface area contributed by atoms with Crippen LogP contribution >= 0.6 is 0 Å². The maximum atomic E-state index is 8.92. The second kappa shape index (κ2) is 5.53. The van der Waals surface area contributed by atoms with E-state index in [9.17, 15) is 0 Å². The minimum absolute atomic E-state index is 0.0966. The van der Waals surface area contributed by atoms with E-state index in [0.717, 1.165) is 31.7 Å². The van der Waals surface area contributed by atoms with Gasteiger partial charge in [-0.3, -0.25) is 4.90 Å². The number of rotatable bonds is 4. The third-order valence-corrected chi connectivity index (χ3v) is 2.90. The molecule has 1 saturated heterocycles. The quantitative estimate of drug-likeness (QED) is 0.773. The van der Waals surface area contributed by atoms with Gasteiger partial charge in [0.05, 0.1) is 12.1 Å². The first kappa shape index (κ1) is 11.0. The number of likely N-dealkylation sites (tertiary alicyclic amines) is 1. The van der Waals surface area contributed by atoms with Gasteiger partial charge in [-0.15, -0.1) is 0 Å². The Morgan fingerprint density at radius 2 is 2.19 bits per heavy atom. The molecule has 3 heteroatoms. The highest BCUT2D eigenvalue weighted by atomic mass is 16.5. The summed E-state index contributed by atoms with van der Waals surface area (Å²) in [4.78, 5) is 2.20. The number of hydrogen-bond acceptors (Lipinski definition) is 3. The summed E-state index contributed by atoms with van der Waals surface area (Å²) in [5, 5.41) is 8.92. The van der Waals surface area contributed by atoms with Crippen molar-refractivity contribution in [2.24, 2.45) is 0 Å². The zero-order valence-electron chi connectivity index (χ0n) is 9.30. The van der Waals surface area contributed by atoms with Crippen LogP contribution < -0.4 is 4.74 Å². The summed E-state index contributed by atoms with van der Waals surface area (Å²) < 4.78 is 5.61. The van der Waals surface area contributed by atoms with Gasteiger partial charge in [0.15, 0.2) is 0 Å². The van der Waals surface area contributed by atoms with Crippen molar-refractivity contribution in [2.75, 3.05) is 19.7 Å². The van der Waals surface area contributed by atoms with Crippen molar-refractivity contribution < 1.29 is 4.74 Å². The van der Waals surface area contributed by atoms with Crippen molar-refractivity contribution >= 4 is 0 Å². The van der Waals surface area contributed by atoms with Crippen LogP contribution in [-0.4, -0.2) is 30.6 Å². The van der Waals surface area contributed by atoms with E-state index in [1.807, 2.05) is 30.3 Å². The van der Waals surface area contributed by atoms with Gasteiger partial charge in [-0.2, -0.15) is 5.26 Å². The molecule has 0 radical (unpaired) electrons. The fourth-order valence-electron chi connectivity index (χ4n) is 2.04. The molecular weight excluding hydrogens is 200 g/mol. The summed E-state index contributed by atoms with van der Waals surface area (Å²) >= 11 is 0. The van der Waals surface area contributed by atoms with E-state index in [1.165, 1.54) is 0 Å². The third-order valence-electron chi connectivity index (χ3n) is 2.90. The smallest absolute Gasteiger partial charge is 0.119 e. The van der Waals surface area contributed by atoms with Gasteiger partial charge >= 0.3 is 0 Å². The predicted octanol–water partition coefficient (Wildman–Crippen LogP) is 2.05. The first-order valence-electron chi connectivity index (χ1n) is 5.71. The molecule has 1 atom stereocenters. The molecule has 1 unspecified atom stereocenters. The minimum atomic E-state index is 0.0966. The molecular formula is C13H16N2O. The fraction of sp³-hybridized carbons (Fsp3) is 0.462. The number of benzene rings is 1. The van der Waals surface area contributed by atoms with Crippen molar-refractivity contribution in [1.82, 2.24) is 4.90 Å². The van der Waals surface area contributed by atoms with Crippen molar-refractivity contribution in [3.63, 3.8) is 0 Å². The van der Waals surface area contributed by atoms with E-state index in [1.54, 1.807) is 0 Å². The molecule has 1 aliphatic rings. The Balaban J connectivity index is 1.74. The summed E-state index contributed by atoms with van der Waals surface area (Å²) in [6, 6.07) is 12.2. The molecule has 0 amide bonds. The lowest BCUT2D eigenvalue weighted by Crippen LogP contribution is -2.32. The zero-order valence-corrected chi connectivity index (χ0v) is 9.30. The molecule has 0 spiro atoms. The minimum Gasteiger partial charge on any atom is -0.492 e. The van der Waals surface area contributed by atoms with Gasteiger partial charge < -0.3 is 4.74 Å². The van der Waals surface area contributed by atoms with Gasteiger partial charge in [0.1, 0.15) is 12.4 Å². The van der Waals surface area contributed by atoms with Crippen molar-refractivity contribution in [1.29, 1.82) is 5.26 Å². The summed E-state index contributed by atoms with van der Waals surface area (Å²) in [7, 11) is 0. The summed E-state index contributed by atoms with van der Waals surface area (Å²) in [5.41, 5.74) is 0. The summed E-state index contributed by atoms with van der Waals surface area (Å²) in [6.07, 6.45) is 2.13. The highest BCUT2D eigenvalue weighted by Gasteiger charge is 2.23. The van der Waals surface area contributed by atoms with Gasteiger partial charge in [-0.05, 0) is 31.5 Å². The molecule has 1 aliphatic heterocycles. The maximum Gasteiger partial charge on any atom is 0.119 e. The van der Waals surface area contributed by atoms with Crippen molar-refractivity contribution in [3.8, 4) is 11.8 Å². The lowest BCUT2D eigenvalue weighted by molar-refractivity contribution is 0.218. The third kappa shape index (κ3) is 2.74. The Bertz CT molecular complexity index is 358. The number of hydrogen-bond donors (Lipinski definition) is 0. The molecule has 3 nitrogen and oxygen atoms in total. The largest absolute Gasteiger partial charge is 0.492 e. The van der Waals surface area contributed by atoms with Gasteiger partial charge in [0.2, 0.25) is 0 Å². The van der Waals surface area contributed by atoms with E-state index < -0.39 is 0 Å². The van der Waals surface area contributed by atoms with E-state index in [-0.39, 0.29) is 6.04 Å². The van der Waals surface area contributed by atoms with Crippen LogP contribution in [-0.2, 0) is 0 Å². The Kier molecular flexibility index (Phi) is 3.79. The average Bonchev–Trinajstić information content (AvgIpc) is 2.78. The lowest BCUT2D eigenvalue weighted by Gasteiger charge is -2.18. The normalized spacial score (nSPS) is 20.6. The molecule has 0 aliphatic carbocycles. The molecule has 84 valence electrons. The molecule has 2 rings (SSSR count). The maximum absolute atomic E-state index is 8.92. The number of para-hydroxylation sites is 1. The number of nitriles is 1.